The molecule has 33 heavy (non-hydrogen) atoms. The number of carbonyl (C=O) groups excluding carboxylic acids is 3. The van der Waals surface area contributed by atoms with Crippen LogP contribution >= 0.6 is 0 Å². The summed E-state index contributed by atoms with van der Waals surface area (Å²) in [5.41, 5.74) is 1.80. The van der Waals surface area contributed by atoms with Gasteiger partial charge in [-0.15, -0.1) is 0 Å². The molecule has 0 radical (unpaired) electrons. The lowest BCUT2D eigenvalue weighted by Crippen LogP contribution is -2.52. The Balaban J connectivity index is 1.30. The molecule has 2 aromatic rings. The third-order valence-corrected chi connectivity index (χ3v) is 5.93. The molecular weight excluding hydrogens is 425 g/mol. The van der Waals surface area contributed by atoms with Gasteiger partial charge in [0.2, 0.25) is 17.7 Å². The van der Waals surface area contributed by atoms with E-state index in [1.165, 1.54) is 12.1 Å². The number of halogens is 1. The highest BCUT2D eigenvalue weighted by Crippen LogP contribution is 2.31. The monoisotopic (exact) mass is 453 g/mol. The van der Waals surface area contributed by atoms with E-state index in [0.29, 0.717) is 43.2 Å². The Labute approximate surface area is 192 Å². The van der Waals surface area contributed by atoms with Crippen molar-refractivity contribution >= 4 is 34.8 Å². The highest BCUT2D eigenvalue weighted by Gasteiger charge is 2.31. The van der Waals surface area contributed by atoms with E-state index < -0.39 is 5.82 Å². The molecule has 2 aliphatic heterocycles. The fourth-order valence-electron chi connectivity index (χ4n) is 4.31. The van der Waals surface area contributed by atoms with Gasteiger partial charge in [0.05, 0.1) is 24.5 Å². The first-order valence-electron chi connectivity index (χ1n) is 11.1. The summed E-state index contributed by atoms with van der Waals surface area (Å²) in [5.74, 6) is -0.746. The van der Waals surface area contributed by atoms with E-state index in [1.54, 1.807) is 23.1 Å². The number of benzene rings is 2. The quantitative estimate of drug-likeness (QED) is 0.725. The topological polar surface area (TPSA) is 85.0 Å². The van der Waals surface area contributed by atoms with Gasteiger partial charge in [-0.3, -0.25) is 24.2 Å². The predicted molar refractivity (Wildman–Crippen MR) is 125 cm³/mol. The lowest BCUT2D eigenvalue weighted by Gasteiger charge is -2.36. The molecule has 2 N–H and O–H groups in total. The van der Waals surface area contributed by atoms with Crippen molar-refractivity contribution in [1.82, 2.24) is 9.80 Å². The molecule has 0 unspecified atom stereocenters. The number of fused-ring (bicyclic) bond motifs is 1. The molecule has 8 nitrogen and oxygen atoms in total. The summed E-state index contributed by atoms with van der Waals surface area (Å²) < 4.78 is 13.3. The van der Waals surface area contributed by atoms with E-state index in [9.17, 15) is 18.8 Å². The average Bonchev–Trinajstić information content (AvgIpc) is 2.89. The van der Waals surface area contributed by atoms with Crippen molar-refractivity contribution in [3.63, 3.8) is 0 Å². The van der Waals surface area contributed by atoms with E-state index in [1.807, 2.05) is 30.0 Å². The number of hydrogen-bond donors (Lipinski definition) is 2. The van der Waals surface area contributed by atoms with Crippen LogP contribution in [0.25, 0.3) is 0 Å². The summed E-state index contributed by atoms with van der Waals surface area (Å²) in [6.45, 7) is 4.94. The third-order valence-electron chi connectivity index (χ3n) is 5.93. The fraction of sp³-hybridized carbons (Fsp3) is 0.375. The molecule has 0 saturated carbocycles. The fourth-order valence-corrected chi connectivity index (χ4v) is 4.31. The third kappa shape index (κ3) is 5.74. The maximum Gasteiger partial charge on any atom is 0.241 e. The number of carbonyl (C=O) groups is 3. The van der Waals surface area contributed by atoms with Gasteiger partial charge in [0.15, 0.2) is 0 Å². The first-order valence-corrected chi connectivity index (χ1v) is 11.1. The van der Waals surface area contributed by atoms with Gasteiger partial charge in [-0.2, -0.15) is 0 Å². The Kier molecular flexibility index (Phi) is 7.00. The Hall–Kier alpha value is -3.30. The van der Waals surface area contributed by atoms with Crippen LogP contribution in [0.3, 0.4) is 0 Å². The molecule has 1 atom stereocenters. The summed E-state index contributed by atoms with van der Waals surface area (Å²) in [5, 5.41) is 5.59. The number of nitrogens with zero attached hydrogens (tertiary/aromatic N) is 3. The number of anilines is 3. The zero-order chi connectivity index (χ0) is 23.4. The summed E-state index contributed by atoms with van der Waals surface area (Å²) in [6, 6.07) is 12.9. The molecule has 2 heterocycles. The predicted octanol–water partition coefficient (Wildman–Crippen LogP) is 2.15. The van der Waals surface area contributed by atoms with Gasteiger partial charge in [-0.1, -0.05) is 18.2 Å². The minimum Gasteiger partial charge on any atom is -0.325 e. The summed E-state index contributed by atoms with van der Waals surface area (Å²) in [4.78, 5) is 43.5. The first-order chi connectivity index (χ1) is 15.9. The molecule has 3 amide bonds. The zero-order valence-corrected chi connectivity index (χ0v) is 18.6. The molecule has 2 aromatic carbocycles. The second-order valence-corrected chi connectivity index (χ2v) is 8.49. The molecule has 0 aromatic heterocycles. The highest BCUT2D eigenvalue weighted by atomic mass is 19.1. The Morgan fingerprint density at radius 3 is 2.45 bits per heavy atom. The number of nitrogens with one attached hydrogen (secondary N) is 2. The molecular formula is C24H28FN5O3. The van der Waals surface area contributed by atoms with E-state index in [2.05, 4.69) is 15.5 Å². The maximum atomic E-state index is 13.3. The van der Waals surface area contributed by atoms with Crippen LogP contribution < -0.4 is 15.5 Å². The summed E-state index contributed by atoms with van der Waals surface area (Å²) >= 11 is 0. The van der Waals surface area contributed by atoms with Gasteiger partial charge in [-0.05, 0) is 37.3 Å². The molecule has 0 spiro atoms. The Morgan fingerprint density at radius 2 is 1.73 bits per heavy atom. The Morgan fingerprint density at radius 1 is 1.03 bits per heavy atom. The van der Waals surface area contributed by atoms with Gasteiger partial charge in [0.25, 0.3) is 0 Å². The van der Waals surface area contributed by atoms with E-state index in [-0.39, 0.29) is 43.3 Å². The zero-order valence-electron chi connectivity index (χ0n) is 18.6. The van der Waals surface area contributed by atoms with Crippen LogP contribution in [-0.2, 0) is 14.4 Å². The maximum absolute atomic E-state index is 13.3. The molecule has 1 saturated heterocycles. The SMILES string of the molecule is C[C@@H]1CC(=O)Nc2ccccc2N1C(=O)CN1CCN(CC(=O)Nc2cccc(F)c2)CC1. The van der Waals surface area contributed by atoms with E-state index in [0.717, 1.165) is 0 Å². The highest BCUT2D eigenvalue weighted by molar-refractivity contribution is 6.05. The minimum atomic E-state index is -0.396. The van der Waals surface area contributed by atoms with Crippen molar-refractivity contribution in [2.75, 3.05) is 54.8 Å². The van der Waals surface area contributed by atoms with Gasteiger partial charge in [-0.25, -0.2) is 4.39 Å². The molecule has 9 heteroatoms. The van der Waals surface area contributed by atoms with Crippen molar-refractivity contribution in [2.45, 2.75) is 19.4 Å². The number of rotatable bonds is 5. The smallest absolute Gasteiger partial charge is 0.241 e. The minimum absolute atomic E-state index is 0.0521. The van der Waals surface area contributed by atoms with Crippen LogP contribution in [0.15, 0.2) is 48.5 Å². The molecule has 0 aliphatic carbocycles. The number of hydrogen-bond acceptors (Lipinski definition) is 5. The summed E-state index contributed by atoms with van der Waals surface area (Å²) in [6.07, 6.45) is 0.245. The molecule has 0 bridgehead atoms. The standard InChI is InChI=1S/C24H28FN5O3/c1-17-13-22(31)27-20-7-2-3-8-21(20)30(17)24(33)16-29-11-9-28(10-12-29)15-23(32)26-19-6-4-5-18(25)14-19/h2-8,14,17H,9-13,15-16H2,1H3,(H,26,32)(H,27,31)/t17-/m1/s1. The normalized spacial score (nSPS) is 19.4. The largest absolute Gasteiger partial charge is 0.325 e. The van der Waals surface area contributed by atoms with Crippen molar-refractivity contribution in [3.05, 3.63) is 54.3 Å². The van der Waals surface area contributed by atoms with E-state index in [4.69, 9.17) is 0 Å². The van der Waals surface area contributed by atoms with Crippen molar-refractivity contribution in [2.24, 2.45) is 0 Å². The summed E-state index contributed by atoms with van der Waals surface area (Å²) in [7, 11) is 0. The number of para-hydroxylation sites is 2. The van der Waals surface area contributed by atoms with Crippen LogP contribution in [0, 0.1) is 5.82 Å². The molecule has 4 rings (SSSR count). The van der Waals surface area contributed by atoms with Crippen LogP contribution in [0.5, 0.6) is 0 Å². The lowest BCUT2D eigenvalue weighted by atomic mass is 10.1. The van der Waals surface area contributed by atoms with Crippen LogP contribution in [-0.4, -0.2) is 72.8 Å². The van der Waals surface area contributed by atoms with Gasteiger partial charge >= 0.3 is 0 Å². The van der Waals surface area contributed by atoms with Crippen molar-refractivity contribution < 1.29 is 18.8 Å². The lowest BCUT2D eigenvalue weighted by molar-refractivity contribution is -0.122. The van der Waals surface area contributed by atoms with Crippen molar-refractivity contribution in [3.8, 4) is 0 Å². The molecule has 2 aliphatic rings. The van der Waals surface area contributed by atoms with Gasteiger partial charge in [0.1, 0.15) is 5.82 Å². The first kappa shape index (κ1) is 22.9. The van der Waals surface area contributed by atoms with Gasteiger partial charge < -0.3 is 15.5 Å². The van der Waals surface area contributed by atoms with Crippen molar-refractivity contribution in [1.29, 1.82) is 0 Å². The molecule has 1 fully saturated rings. The molecule has 174 valence electrons. The second-order valence-electron chi connectivity index (χ2n) is 8.49. The Bertz CT molecular complexity index is 1040. The number of amides is 3. The number of piperazine rings is 1. The second kappa shape index (κ2) is 10.1. The van der Waals surface area contributed by atoms with Gasteiger partial charge in [0, 0.05) is 44.3 Å². The average molecular weight is 454 g/mol. The van der Waals surface area contributed by atoms with E-state index >= 15 is 0 Å². The van der Waals surface area contributed by atoms with Crippen LogP contribution in [0.1, 0.15) is 13.3 Å². The van der Waals surface area contributed by atoms with Crippen LogP contribution in [0.2, 0.25) is 0 Å². The van der Waals surface area contributed by atoms with Crippen LogP contribution in [0.4, 0.5) is 21.5 Å².